The van der Waals surface area contributed by atoms with Gasteiger partial charge in [-0.2, -0.15) is 0 Å². The van der Waals surface area contributed by atoms with Crippen molar-refractivity contribution in [2.45, 2.75) is 46.8 Å². The molecule has 1 atom stereocenters. The number of benzene rings is 1. The van der Waals surface area contributed by atoms with E-state index in [-0.39, 0.29) is 0 Å². The quantitative estimate of drug-likeness (QED) is 0.748. The third kappa shape index (κ3) is 4.54. The molecule has 1 aliphatic rings. The first-order valence-electron chi connectivity index (χ1n) is 10.3. The summed E-state index contributed by atoms with van der Waals surface area (Å²) in [5, 5.41) is 0. The number of pyridine rings is 1. The molecule has 2 aromatic heterocycles. The molecule has 0 radical (unpaired) electrons. The Morgan fingerprint density at radius 3 is 2.46 bits per heavy atom. The van der Waals surface area contributed by atoms with Crippen molar-refractivity contribution in [1.29, 1.82) is 0 Å². The largest absolute Gasteiger partial charge is 0.369 e. The summed E-state index contributed by atoms with van der Waals surface area (Å²) in [6.07, 6.45) is 4.30. The second-order valence-corrected chi connectivity index (χ2v) is 7.34. The van der Waals surface area contributed by atoms with E-state index in [0.717, 1.165) is 37.5 Å². The Hall–Kier alpha value is -2.37. The van der Waals surface area contributed by atoms with Gasteiger partial charge in [0, 0.05) is 56.8 Å². The molecule has 0 amide bonds. The van der Waals surface area contributed by atoms with E-state index in [9.17, 15) is 0 Å². The van der Waals surface area contributed by atoms with Crippen LogP contribution in [0.2, 0.25) is 0 Å². The van der Waals surface area contributed by atoms with Crippen LogP contribution in [0.15, 0.2) is 48.8 Å². The molecule has 3 heterocycles. The van der Waals surface area contributed by atoms with Crippen LogP contribution in [0.25, 0.3) is 5.65 Å². The molecule has 2 N–H and O–H groups in total. The highest BCUT2D eigenvalue weighted by Crippen LogP contribution is 2.21. The van der Waals surface area contributed by atoms with Crippen molar-refractivity contribution in [1.82, 2.24) is 14.3 Å². The van der Waals surface area contributed by atoms with Crippen LogP contribution in [0.3, 0.4) is 0 Å². The number of anilines is 1. The number of imidazole rings is 1. The van der Waals surface area contributed by atoms with Crippen molar-refractivity contribution < 1.29 is 0 Å². The van der Waals surface area contributed by atoms with Gasteiger partial charge in [-0.1, -0.05) is 32.0 Å². The van der Waals surface area contributed by atoms with Crippen molar-refractivity contribution >= 4 is 11.3 Å². The summed E-state index contributed by atoms with van der Waals surface area (Å²) in [5.41, 5.74) is 11.6. The molecule has 0 saturated carbocycles. The van der Waals surface area contributed by atoms with Crippen LogP contribution in [0.5, 0.6) is 0 Å². The Labute approximate surface area is 168 Å². The molecule has 4 rings (SSSR count). The van der Waals surface area contributed by atoms with Gasteiger partial charge in [0.2, 0.25) is 0 Å². The third-order valence-corrected chi connectivity index (χ3v) is 5.32. The highest BCUT2D eigenvalue weighted by atomic mass is 15.3. The number of aromatic nitrogens is 2. The highest BCUT2D eigenvalue weighted by Gasteiger charge is 2.24. The first kappa shape index (κ1) is 20.4. The van der Waals surface area contributed by atoms with Gasteiger partial charge < -0.3 is 15.0 Å². The lowest BCUT2D eigenvalue weighted by atomic mass is 10.1. The maximum absolute atomic E-state index is 5.70. The molecule has 1 fully saturated rings. The third-order valence-electron chi connectivity index (χ3n) is 5.32. The highest BCUT2D eigenvalue weighted by molar-refractivity contribution is 5.48. The van der Waals surface area contributed by atoms with E-state index in [4.69, 9.17) is 10.7 Å². The van der Waals surface area contributed by atoms with Gasteiger partial charge in [-0.3, -0.25) is 4.90 Å². The molecule has 3 aromatic rings. The van der Waals surface area contributed by atoms with Crippen LogP contribution in [-0.2, 0) is 13.1 Å². The molecule has 1 saturated heterocycles. The Kier molecular flexibility index (Phi) is 6.70. The Morgan fingerprint density at radius 1 is 1.04 bits per heavy atom. The van der Waals surface area contributed by atoms with E-state index in [1.165, 1.54) is 16.8 Å². The first-order valence-corrected chi connectivity index (χ1v) is 10.3. The van der Waals surface area contributed by atoms with Gasteiger partial charge in [0.1, 0.15) is 5.65 Å². The zero-order valence-corrected chi connectivity index (χ0v) is 17.6. The molecule has 1 aliphatic heterocycles. The number of hydrogen-bond acceptors (Lipinski definition) is 4. The van der Waals surface area contributed by atoms with Crippen molar-refractivity contribution in [2.24, 2.45) is 5.73 Å². The van der Waals surface area contributed by atoms with Gasteiger partial charge in [-0.05, 0) is 43.2 Å². The summed E-state index contributed by atoms with van der Waals surface area (Å²) in [4.78, 5) is 9.77. The molecule has 150 valence electrons. The Bertz CT molecular complexity index is 884. The smallest absolute Gasteiger partial charge is 0.137 e. The van der Waals surface area contributed by atoms with Gasteiger partial charge in [0.25, 0.3) is 0 Å². The van der Waals surface area contributed by atoms with Gasteiger partial charge in [-0.15, -0.1) is 0 Å². The Balaban J connectivity index is 0.00000109. The number of piperazine rings is 1. The number of hydrogen-bond donors (Lipinski definition) is 1. The monoisotopic (exact) mass is 379 g/mol. The lowest BCUT2D eigenvalue weighted by Crippen LogP contribution is -2.51. The minimum absolute atomic E-state index is 0.490. The summed E-state index contributed by atoms with van der Waals surface area (Å²) >= 11 is 0. The molecule has 0 bridgehead atoms. The second kappa shape index (κ2) is 9.22. The lowest BCUT2D eigenvalue weighted by Gasteiger charge is -2.40. The predicted octanol–water partition coefficient (Wildman–Crippen LogP) is 3.84. The second-order valence-electron chi connectivity index (χ2n) is 7.34. The van der Waals surface area contributed by atoms with Crippen molar-refractivity contribution in [3.63, 3.8) is 0 Å². The molecule has 1 aromatic carbocycles. The van der Waals surface area contributed by atoms with Crippen molar-refractivity contribution in [3.8, 4) is 0 Å². The molecule has 0 spiro atoms. The minimum atomic E-state index is 0.490. The van der Waals surface area contributed by atoms with Crippen LogP contribution in [-0.4, -0.2) is 40.0 Å². The fourth-order valence-corrected chi connectivity index (χ4v) is 3.75. The first-order chi connectivity index (χ1) is 13.6. The molecule has 5 nitrogen and oxygen atoms in total. The number of nitrogens with two attached hydrogens (primary N) is 1. The average Bonchev–Trinajstić information content (AvgIpc) is 3.12. The normalized spacial score (nSPS) is 17.5. The van der Waals surface area contributed by atoms with E-state index in [2.05, 4.69) is 76.8 Å². The van der Waals surface area contributed by atoms with E-state index >= 15 is 0 Å². The van der Waals surface area contributed by atoms with Gasteiger partial charge in [0.05, 0.1) is 5.69 Å². The zero-order chi connectivity index (χ0) is 20.1. The number of aryl methyl sites for hydroxylation is 1. The van der Waals surface area contributed by atoms with Crippen molar-refractivity contribution in [2.75, 3.05) is 24.5 Å². The molecule has 0 aliphatic carbocycles. The van der Waals surface area contributed by atoms with Crippen LogP contribution in [0.4, 0.5) is 5.69 Å². The zero-order valence-electron chi connectivity index (χ0n) is 17.6. The van der Waals surface area contributed by atoms with Crippen LogP contribution >= 0.6 is 0 Å². The van der Waals surface area contributed by atoms with E-state index in [1.807, 2.05) is 13.8 Å². The summed E-state index contributed by atoms with van der Waals surface area (Å²) < 4.78 is 2.13. The summed E-state index contributed by atoms with van der Waals surface area (Å²) in [6.45, 7) is 13.0. The van der Waals surface area contributed by atoms with Crippen LogP contribution < -0.4 is 10.6 Å². The van der Waals surface area contributed by atoms with E-state index in [0.29, 0.717) is 12.6 Å². The van der Waals surface area contributed by atoms with Gasteiger partial charge in [-0.25, -0.2) is 4.98 Å². The maximum atomic E-state index is 5.70. The topological polar surface area (TPSA) is 49.8 Å². The number of rotatable bonds is 4. The average molecular weight is 380 g/mol. The van der Waals surface area contributed by atoms with Gasteiger partial charge in [0.15, 0.2) is 0 Å². The van der Waals surface area contributed by atoms with Crippen molar-refractivity contribution in [3.05, 3.63) is 65.6 Å². The molecule has 28 heavy (non-hydrogen) atoms. The number of fused-ring (bicyclic) bond motifs is 1. The van der Waals surface area contributed by atoms with Gasteiger partial charge >= 0.3 is 0 Å². The SMILES string of the molecule is CC.Cc1ccc2nc(CN3CCN(c4ccc(CN)cc4)CC3C)cn2c1. The molecule has 5 heteroatoms. The van der Waals surface area contributed by atoms with Crippen LogP contribution in [0.1, 0.15) is 37.6 Å². The Morgan fingerprint density at radius 2 is 1.79 bits per heavy atom. The number of nitrogens with zero attached hydrogens (tertiary/aromatic N) is 4. The summed E-state index contributed by atoms with van der Waals surface area (Å²) in [7, 11) is 0. The molecular formula is C23H33N5. The summed E-state index contributed by atoms with van der Waals surface area (Å²) in [5.74, 6) is 0. The van der Waals surface area contributed by atoms with E-state index < -0.39 is 0 Å². The van der Waals surface area contributed by atoms with E-state index in [1.54, 1.807) is 0 Å². The fourth-order valence-electron chi connectivity index (χ4n) is 3.75. The molecular weight excluding hydrogens is 346 g/mol. The van der Waals surface area contributed by atoms with Crippen LogP contribution in [0, 0.1) is 6.92 Å². The fraction of sp³-hybridized carbons (Fsp3) is 0.435. The standard InChI is InChI=1S/C21H27N5.C2H6/c1-16-3-8-21-23-19(15-26(21)12-16)14-24-9-10-25(13-17(24)2)20-6-4-18(11-22)5-7-20;1-2/h3-8,12,15,17H,9-11,13-14,22H2,1-2H3;1-2H3. The molecule has 1 unspecified atom stereocenters. The summed E-state index contributed by atoms with van der Waals surface area (Å²) in [6, 6.07) is 13.3. The maximum Gasteiger partial charge on any atom is 0.137 e. The predicted molar refractivity (Wildman–Crippen MR) is 118 cm³/mol. The lowest BCUT2D eigenvalue weighted by molar-refractivity contribution is 0.179. The minimum Gasteiger partial charge on any atom is -0.369 e.